The first kappa shape index (κ1) is 20.3. The van der Waals surface area contributed by atoms with E-state index in [-0.39, 0.29) is 5.57 Å². The number of carbonyl (C=O) groups is 2. The van der Waals surface area contributed by atoms with E-state index in [9.17, 15) is 9.59 Å². The van der Waals surface area contributed by atoms with Gasteiger partial charge in [-0.25, -0.2) is 20.5 Å². The summed E-state index contributed by atoms with van der Waals surface area (Å²) in [5, 5.41) is 25.8. The van der Waals surface area contributed by atoms with Crippen molar-refractivity contribution in [2.24, 2.45) is 0 Å². The number of hydrogen-bond acceptors (Lipinski definition) is 10. The van der Waals surface area contributed by atoms with Crippen molar-refractivity contribution in [2.75, 3.05) is 10.0 Å². The zero-order valence-electron chi connectivity index (χ0n) is 13.9. The van der Waals surface area contributed by atoms with E-state index in [0.717, 1.165) is 24.1 Å². The Kier molecular flexibility index (Phi) is 6.66. The quantitative estimate of drug-likeness (QED) is 0.215. The molecule has 3 rings (SSSR count). The summed E-state index contributed by atoms with van der Waals surface area (Å²) in [4.78, 5) is 26.3. The maximum absolute atomic E-state index is 12.6. The number of rotatable bonds is 8. The van der Waals surface area contributed by atoms with Crippen molar-refractivity contribution in [1.82, 2.24) is 0 Å². The molecule has 1 saturated heterocycles. The van der Waals surface area contributed by atoms with Gasteiger partial charge >= 0.3 is 0 Å². The van der Waals surface area contributed by atoms with Gasteiger partial charge in [0.25, 0.3) is 11.8 Å². The van der Waals surface area contributed by atoms with E-state index in [1.165, 1.54) is 10.0 Å². The van der Waals surface area contributed by atoms with E-state index >= 15 is 0 Å². The van der Waals surface area contributed by atoms with Crippen molar-refractivity contribution in [1.29, 1.82) is 0 Å². The van der Waals surface area contributed by atoms with Crippen molar-refractivity contribution in [3.05, 3.63) is 60.7 Å². The van der Waals surface area contributed by atoms with Crippen molar-refractivity contribution in [3.8, 4) is 0 Å². The van der Waals surface area contributed by atoms with Gasteiger partial charge < -0.3 is 0 Å². The fourth-order valence-corrected chi connectivity index (χ4v) is 3.10. The zero-order valence-corrected chi connectivity index (χ0v) is 15.5. The smallest absolute Gasteiger partial charge is 0.267 e. The monoisotopic (exact) mass is 424 g/mol. The fourth-order valence-electron chi connectivity index (χ4n) is 2.39. The average Bonchev–Trinajstić information content (AvgIpc) is 2.95. The van der Waals surface area contributed by atoms with Gasteiger partial charge in [0.15, 0.2) is 0 Å². The molecule has 0 radical (unpaired) electrons. The third-order valence-electron chi connectivity index (χ3n) is 3.58. The van der Waals surface area contributed by atoms with E-state index in [1.54, 1.807) is 48.5 Å². The first-order valence-corrected chi connectivity index (χ1v) is 8.92. The van der Waals surface area contributed by atoms with E-state index in [2.05, 4.69) is 25.3 Å². The van der Waals surface area contributed by atoms with Crippen molar-refractivity contribution < 1.29 is 38.8 Å². The van der Waals surface area contributed by atoms with Crippen LogP contribution in [0, 0.1) is 0 Å². The highest BCUT2D eigenvalue weighted by Crippen LogP contribution is 2.33. The topological polar surface area (TPSA) is 118 Å². The summed E-state index contributed by atoms with van der Waals surface area (Å²) < 4.78 is 8.69. The molecule has 2 aromatic carbocycles. The third kappa shape index (κ3) is 4.19. The molecule has 2 aromatic rings. The Morgan fingerprint density at radius 2 is 1.07 bits per heavy atom. The maximum Gasteiger partial charge on any atom is 0.282 e. The van der Waals surface area contributed by atoms with Crippen molar-refractivity contribution in [3.63, 3.8) is 0 Å². The Labute approximate surface area is 166 Å². The molecule has 0 aliphatic carbocycles. The highest BCUT2D eigenvalue weighted by Gasteiger charge is 2.41. The van der Waals surface area contributed by atoms with Crippen LogP contribution >= 0.6 is 24.1 Å². The predicted octanol–water partition coefficient (Wildman–Crippen LogP) is 3.39. The van der Waals surface area contributed by atoms with E-state index in [0.29, 0.717) is 21.2 Å². The van der Waals surface area contributed by atoms with Crippen LogP contribution in [0.1, 0.15) is 0 Å². The lowest BCUT2D eigenvalue weighted by Gasteiger charge is -2.27. The number of amides is 2. The predicted molar refractivity (Wildman–Crippen MR) is 98.3 cm³/mol. The minimum atomic E-state index is -0.559. The molecule has 0 unspecified atom stereocenters. The Morgan fingerprint density at radius 3 is 1.39 bits per heavy atom. The molecule has 1 aliphatic rings. The summed E-state index contributed by atoms with van der Waals surface area (Å²) in [6, 6.07) is 12.8. The first-order valence-electron chi connectivity index (χ1n) is 7.44. The van der Waals surface area contributed by atoms with Gasteiger partial charge in [-0.1, -0.05) is 16.7 Å². The molecule has 1 heterocycles. The molecule has 10 nitrogen and oxygen atoms in total. The minimum absolute atomic E-state index is 0.175. The average molecular weight is 424 g/mol. The molecule has 1 aliphatic heterocycles. The van der Waals surface area contributed by atoms with Gasteiger partial charge in [-0.15, -0.1) is 8.67 Å². The molecule has 146 valence electrons. The molecular formula is C16H12N2O8S2. The van der Waals surface area contributed by atoms with Crippen LogP contribution in [0.15, 0.2) is 70.5 Å². The molecule has 0 atom stereocenters. The van der Waals surface area contributed by atoms with Crippen LogP contribution < -0.4 is 10.0 Å². The molecule has 28 heavy (non-hydrogen) atoms. The zero-order chi connectivity index (χ0) is 20.1. The molecule has 0 saturated carbocycles. The van der Waals surface area contributed by atoms with Gasteiger partial charge in [0, 0.05) is 9.79 Å². The number of anilines is 2. The summed E-state index contributed by atoms with van der Waals surface area (Å²) >= 11 is 1.53. The second-order valence-electron chi connectivity index (χ2n) is 5.15. The Hall–Kier alpha value is -2.42. The molecular weight excluding hydrogens is 412 g/mol. The van der Waals surface area contributed by atoms with Crippen LogP contribution in [-0.2, 0) is 28.3 Å². The molecule has 12 heteroatoms. The summed E-state index contributed by atoms with van der Waals surface area (Å²) in [5.41, 5.74) is 0.661. The largest absolute Gasteiger partial charge is 0.282 e. The standard InChI is InChI=1S/C16H12N2O8S2/c1-10-15(19)17(11-2-6-13(7-3-11)27-25-23-21)18(16(10)20)12-4-8-14(9-5-12)28-26-24-22/h2-9,21-22H,1H2. The van der Waals surface area contributed by atoms with Crippen LogP contribution in [0.2, 0.25) is 0 Å². The number of hydrogen-bond donors (Lipinski definition) is 2. The lowest BCUT2D eigenvalue weighted by molar-refractivity contribution is -0.432. The Bertz CT molecular complexity index is 804. The van der Waals surface area contributed by atoms with Crippen LogP contribution in [0.4, 0.5) is 11.4 Å². The van der Waals surface area contributed by atoms with E-state index < -0.39 is 11.8 Å². The SMILES string of the molecule is C=C1C(=O)N(c2ccc(SOOO)cc2)N(c2ccc(SOOO)cc2)C1=O. The molecule has 2 N–H and O–H groups in total. The number of benzene rings is 2. The minimum Gasteiger partial charge on any atom is -0.267 e. The normalized spacial score (nSPS) is 14.3. The van der Waals surface area contributed by atoms with E-state index in [4.69, 9.17) is 10.5 Å². The van der Waals surface area contributed by atoms with Gasteiger partial charge in [-0.3, -0.25) is 9.59 Å². The maximum atomic E-state index is 12.6. The number of hydrazine groups is 1. The third-order valence-corrected chi connectivity index (χ3v) is 4.77. The van der Waals surface area contributed by atoms with Gasteiger partial charge in [-0.2, -0.15) is 0 Å². The molecule has 0 bridgehead atoms. The highest BCUT2D eigenvalue weighted by molar-refractivity contribution is 7.94. The van der Waals surface area contributed by atoms with E-state index in [1.807, 2.05) is 0 Å². The fraction of sp³-hybridized carbons (Fsp3) is 0. The molecule has 0 spiro atoms. The van der Waals surface area contributed by atoms with Gasteiger partial charge in [0.1, 0.15) is 5.57 Å². The summed E-state index contributed by atoms with van der Waals surface area (Å²) in [6.45, 7) is 3.56. The second kappa shape index (κ2) is 9.18. The molecule has 0 aromatic heterocycles. The summed E-state index contributed by atoms with van der Waals surface area (Å²) in [6.07, 6.45) is 0. The van der Waals surface area contributed by atoms with Gasteiger partial charge in [-0.05, 0) is 48.5 Å². The van der Waals surface area contributed by atoms with Gasteiger partial charge in [0.05, 0.1) is 35.5 Å². The number of nitrogens with zero attached hydrogens (tertiary/aromatic N) is 2. The van der Waals surface area contributed by atoms with Crippen molar-refractivity contribution in [2.45, 2.75) is 9.79 Å². The second-order valence-corrected chi connectivity index (χ2v) is 6.70. The van der Waals surface area contributed by atoms with Gasteiger partial charge in [0.2, 0.25) is 0 Å². The Balaban J connectivity index is 1.88. The lowest BCUT2D eigenvalue weighted by atomic mass is 10.2. The summed E-state index contributed by atoms with van der Waals surface area (Å²) in [7, 11) is 0. The lowest BCUT2D eigenvalue weighted by Crippen LogP contribution is -2.41. The van der Waals surface area contributed by atoms with Crippen LogP contribution in [-0.4, -0.2) is 22.3 Å². The molecule has 2 amide bonds. The van der Waals surface area contributed by atoms with Crippen LogP contribution in [0.25, 0.3) is 0 Å². The van der Waals surface area contributed by atoms with Crippen molar-refractivity contribution >= 4 is 47.3 Å². The number of carbonyl (C=O) groups excluding carboxylic acids is 2. The molecule has 1 fully saturated rings. The summed E-state index contributed by atoms with van der Waals surface area (Å²) in [5.74, 6) is -1.12. The van der Waals surface area contributed by atoms with Crippen LogP contribution in [0.5, 0.6) is 0 Å². The first-order chi connectivity index (χ1) is 13.6. The van der Waals surface area contributed by atoms with Crippen LogP contribution in [0.3, 0.4) is 0 Å². The Morgan fingerprint density at radius 1 is 0.714 bits per heavy atom. The highest BCUT2D eigenvalue weighted by atomic mass is 32.2.